The Labute approximate surface area is 182 Å². The first-order valence-corrected chi connectivity index (χ1v) is 11.7. The van der Waals surface area contributed by atoms with Gasteiger partial charge in [-0.3, -0.25) is 9.59 Å². The maximum Gasteiger partial charge on any atom is 0.227 e. The lowest BCUT2D eigenvalue weighted by Crippen LogP contribution is -2.41. The number of ether oxygens (including phenoxy) is 1. The molecule has 0 aromatic heterocycles. The first kappa shape index (κ1) is 22.8. The van der Waals surface area contributed by atoms with E-state index < -0.39 is 10.0 Å². The van der Waals surface area contributed by atoms with Gasteiger partial charge in [-0.1, -0.05) is 30.3 Å². The molecule has 2 aromatic rings. The predicted octanol–water partition coefficient (Wildman–Crippen LogP) is 2.83. The van der Waals surface area contributed by atoms with Crippen LogP contribution in [-0.2, 0) is 25.4 Å². The van der Waals surface area contributed by atoms with Gasteiger partial charge in [0.2, 0.25) is 21.8 Å². The van der Waals surface area contributed by atoms with Gasteiger partial charge < -0.3 is 15.4 Å². The fraction of sp³-hybridized carbons (Fsp3) is 0.364. The number of rotatable bonds is 7. The monoisotopic (exact) mass is 445 g/mol. The molecule has 0 unspecified atom stereocenters. The molecule has 0 spiro atoms. The Morgan fingerprint density at radius 1 is 1.03 bits per heavy atom. The molecule has 0 atom stereocenters. The van der Waals surface area contributed by atoms with Gasteiger partial charge in [-0.2, -0.15) is 0 Å². The Hall–Kier alpha value is -2.91. The zero-order valence-electron chi connectivity index (χ0n) is 17.6. The zero-order chi connectivity index (χ0) is 22.4. The van der Waals surface area contributed by atoms with E-state index in [0.29, 0.717) is 43.1 Å². The van der Waals surface area contributed by atoms with Crippen LogP contribution in [0, 0.1) is 5.92 Å². The van der Waals surface area contributed by atoms with Crippen LogP contribution in [0.5, 0.6) is 5.75 Å². The van der Waals surface area contributed by atoms with Crippen molar-refractivity contribution in [2.45, 2.75) is 25.5 Å². The molecule has 9 heteroatoms. The van der Waals surface area contributed by atoms with Crippen molar-refractivity contribution in [3.05, 3.63) is 54.1 Å². The molecular weight excluding hydrogens is 418 g/mol. The molecule has 1 heterocycles. The second-order valence-electron chi connectivity index (χ2n) is 7.50. The van der Waals surface area contributed by atoms with E-state index >= 15 is 0 Å². The van der Waals surface area contributed by atoms with Crippen molar-refractivity contribution in [2.75, 3.05) is 30.8 Å². The third-order valence-corrected chi connectivity index (χ3v) is 7.06. The summed E-state index contributed by atoms with van der Waals surface area (Å²) >= 11 is 0. The summed E-state index contributed by atoms with van der Waals surface area (Å²) < 4.78 is 32.1. The quantitative estimate of drug-likeness (QED) is 0.682. The summed E-state index contributed by atoms with van der Waals surface area (Å²) in [6, 6.07) is 14.1. The molecule has 0 saturated carbocycles. The summed E-state index contributed by atoms with van der Waals surface area (Å²) in [5, 5.41) is 5.54. The molecule has 1 fully saturated rings. The number of sulfonamides is 1. The smallest absolute Gasteiger partial charge is 0.227 e. The number of amides is 2. The molecule has 31 heavy (non-hydrogen) atoms. The van der Waals surface area contributed by atoms with Gasteiger partial charge in [-0.25, -0.2) is 12.7 Å². The summed E-state index contributed by atoms with van der Waals surface area (Å²) in [6.07, 6.45) is 0.860. The predicted molar refractivity (Wildman–Crippen MR) is 119 cm³/mol. The number of nitrogens with one attached hydrogen (secondary N) is 2. The highest BCUT2D eigenvalue weighted by atomic mass is 32.2. The van der Waals surface area contributed by atoms with Gasteiger partial charge in [0.15, 0.2) is 0 Å². The normalized spacial score (nSPS) is 15.3. The van der Waals surface area contributed by atoms with Crippen molar-refractivity contribution < 1.29 is 22.7 Å². The minimum absolute atomic E-state index is 0.0470. The molecule has 2 N–H and O–H groups in total. The van der Waals surface area contributed by atoms with Crippen LogP contribution < -0.4 is 15.4 Å². The maximum atomic E-state index is 12.8. The third-order valence-electron chi connectivity index (χ3n) is 5.21. The number of carbonyl (C=O) groups is 2. The molecule has 1 aliphatic rings. The van der Waals surface area contributed by atoms with Crippen LogP contribution >= 0.6 is 0 Å². The second kappa shape index (κ2) is 9.93. The molecule has 0 bridgehead atoms. The number of nitrogens with zero attached hydrogens (tertiary/aromatic N) is 1. The van der Waals surface area contributed by atoms with Crippen LogP contribution in [-0.4, -0.2) is 44.7 Å². The summed E-state index contributed by atoms with van der Waals surface area (Å²) in [4.78, 5) is 24.3. The highest BCUT2D eigenvalue weighted by Gasteiger charge is 2.31. The average molecular weight is 446 g/mol. The summed E-state index contributed by atoms with van der Waals surface area (Å²) in [7, 11) is -1.92. The molecule has 3 rings (SSSR count). The molecular formula is C22H27N3O5S. The molecule has 8 nitrogen and oxygen atoms in total. The van der Waals surface area contributed by atoms with E-state index in [0.717, 1.165) is 5.56 Å². The SMILES string of the molecule is COc1ccc(NC(C)=O)c(NC(=O)C2CCN(S(=O)(=O)Cc3ccccc3)CC2)c1. The number of methoxy groups -OCH3 is 1. The van der Waals surface area contributed by atoms with Crippen LogP contribution in [0.1, 0.15) is 25.3 Å². The summed E-state index contributed by atoms with van der Waals surface area (Å²) in [5.74, 6) is -0.280. The maximum absolute atomic E-state index is 12.8. The van der Waals surface area contributed by atoms with Crippen molar-refractivity contribution in [1.29, 1.82) is 0 Å². The first-order valence-electron chi connectivity index (χ1n) is 10.1. The lowest BCUT2D eigenvalue weighted by atomic mass is 9.97. The lowest BCUT2D eigenvalue weighted by Gasteiger charge is -2.30. The molecule has 166 valence electrons. The van der Waals surface area contributed by atoms with Crippen molar-refractivity contribution in [1.82, 2.24) is 4.31 Å². The summed E-state index contributed by atoms with van der Waals surface area (Å²) in [5.41, 5.74) is 1.66. The van der Waals surface area contributed by atoms with Gasteiger partial charge in [0.05, 0.1) is 24.2 Å². The van der Waals surface area contributed by atoms with E-state index in [1.807, 2.05) is 18.2 Å². The molecule has 2 amide bonds. The molecule has 0 aliphatic carbocycles. The standard InChI is InChI=1S/C22H27N3O5S/c1-16(26)23-20-9-8-19(30-2)14-21(20)24-22(27)18-10-12-25(13-11-18)31(28,29)15-17-6-4-3-5-7-17/h3-9,14,18H,10-13,15H2,1-2H3,(H,23,26)(H,24,27). The fourth-order valence-corrected chi connectivity index (χ4v) is 5.12. The van der Waals surface area contributed by atoms with Gasteiger partial charge in [-0.05, 0) is 30.5 Å². The number of hydrogen-bond donors (Lipinski definition) is 2. The van der Waals surface area contributed by atoms with Gasteiger partial charge in [0.25, 0.3) is 0 Å². The van der Waals surface area contributed by atoms with Crippen molar-refractivity contribution in [3.63, 3.8) is 0 Å². The number of benzene rings is 2. The van der Waals surface area contributed by atoms with E-state index in [1.54, 1.807) is 30.3 Å². The third kappa shape index (κ3) is 6.05. The van der Waals surface area contributed by atoms with Gasteiger partial charge in [0.1, 0.15) is 5.75 Å². The Kier molecular flexibility index (Phi) is 7.29. The minimum atomic E-state index is -3.44. The van der Waals surface area contributed by atoms with Crippen LogP contribution in [0.3, 0.4) is 0 Å². The van der Waals surface area contributed by atoms with Crippen LogP contribution in [0.4, 0.5) is 11.4 Å². The molecule has 1 aliphatic heterocycles. The highest BCUT2D eigenvalue weighted by Crippen LogP contribution is 2.29. The number of piperidine rings is 1. The van der Waals surface area contributed by atoms with Gasteiger partial charge in [0, 0.05) is 32.0 Å². The van der Waals surface area contributed by atoms with Crippen molar-refractivity contribution >= 4 is 33.2 Å². The zero-order valence-corrected chi connectivity index (χ0v) is 18.4. The fourth-order valence-electron chi connectivity index (χ4n) is 3.56. The Morgan fingerprint density at radius 3 is 2.32 bits per heavy atom. The molecule has 1 saturated heterocycles. The van der Waals surface area contributed by atoms with E-state index in [1.165, 1.54) is 18.3 Å². The number of hydrogen-bond acceptors (Lipinski definition) is 5. The topological polar surface area (TPSA) is 105 Å². The van der Waals surface area contributed by atoms with E-state index in [-0.39, 0.29) is 23.5 Å². The Bertz CT molecular complexity index is 1030. The van der Waals surface area contributed by atoms with E-state index in [9.17, 15) is 18.0 Å². The van der Waals surface area contributed by atoms with Crippen molar-refractivity contribution in [2.24, 2.45) is 5.92 Å². The van der Waals surface area contributed by atoms with Gasteiger partial charge >= 0.3 is 0 Å². The first-order chi connectivity index (χ1) is 14.8. The van der Waals surface area contributed by atoms with Crippen LogP contribution in [0.15, 0.2) is 48.5 Å². The highest BCUT2D eigenvalue weighted by molar-refractivity contribution is 7.88. The molecule has 0 radical (unpaired) electrons. The lowest BCUT2D eigenvalue weighted by molar-refractivity contribution is -0.121. The van der Waals surface area contributed by atoms with Gasteiger partial charge in [-0.15, -0.1) is 0 Å². The number of carbonyl (C=O) groups excluding carboxylic acids is 2. The van der Waals surface area contributed by atoms with E-state index in [4.69, 9.17) is 4.74 Å². The second-order valence-corrected chi connectivity index (χ2v) is 9.47. The molecule has 2 aromatic carbocycles. The summed E-state index contributed by atoms with van der Waals surface area (Å²) in [6.45, 7) is 1.98. The largest absolute Gasteiger partial charge is 0.497 e. The number of anilines is 2. The Morgan fingerprint density at radius 2 is 1.71 bits per heavy atom. The van der Waals surface area contributed by atoms with E-state index in [2.05, 4.69) is 10.6 Å². The van der Waals surface area contributed by atoms with Crippen LogP contribution in [0.25, 0.3) is 0 Å². The van der Waals surface area contributed by atoms with Crippen LogP contribution in [0.2, 0.25) is 0 Å². The Balaban J connectivity index is 1.62. The average Bonchev–Trinajstić information content (AvgIpc) is 2.75. The van der Waals surface area contributed by atoms with Crippen molar-refractivity contribution in [3.8, 4) is 5.75 Å². The minimum Gasteiger partial charge on any atom is -0.497 e.